The van der Waals surface area contributed by atoms with Crippen LogP contribution in [0, 0.1) is 5.92 Å². The van der Waals surface area contributed by atoms with E-state index in [2.05, 4.69) is 56.8 Å². The summed E-state index contributed by atoms with van der Waals surface area (Å²) in [6.45, 7) is 9.22. The predicted octanol–water partition coefficient (Wildman–Crippen LogP) is 1.99. The molecule has 3 fully saturated rings. The van der Waals surface area contributed by atoms with Gasteiger partial charge in [-0.15, -0.1) is 11.3 Å². The molecule has 0 radical (unpaired) electrons. The number of hydrogen-bond donors (Lipinski definition) is 2. The van der Waals surface area contributed by atoms with Gasteiger partial charge in [0.1, 0.15) is 0 Å². The number of carbonyl (C=O) groups excluding carboxylic acids is 1. The van der Waals surface area contributed by atoms with Crippen molar-refractivity contribution in [3.05, 3.63) is 22.4 Å². The number of hydrogen-bond acceptors (Lipinski definition) is 5. The Bertz CT molecular complexity index is 726. The lowest BCUT2D eigenvalue weighted by Gasteiger charge is -2.39. The van der Waals surface area contributed by atoms with Crippen LogP contribution < -0.4 is 10.6 Å². The van der Waals surface area contributed by atoms with Crippen molar-refractivity contribution >= 4 is 23.2 Å². The number of piperazine rings is 1. The summed E-state index contributed by atoms with van der Waals surface area (Å²) in [7, 11) is 2.25. The van der Waals surface area contributed by atoms with Crippen molar-refractivity contribution in [2.24, 2.45) is 10.9 Å². The van der Waals surface area contributed by atoms with Gasteiger partial charge in [-0.2, -0.15) is 0 Å². The van der Waals surface area contributed by atoms with Crippen molar-refractivity contribution in [2.75, 3.05) is 59.4 Å². The first-order valence-corrected chi connectivity index (χ1v) is 12.8. The van der Waals surface area contributed by atoms with Crippen LogP contribution in [0.2, 0.25) is 0 Å². The molecule has 1 aliphatic carbocycles. The average Bonchev–Trinajstić information content (AvgIpc) is 3.41. The van der Waals surface area contributed by atoms with Gasteiger partial charge in [0.05, 0.1) is 6.54 Å². The number of likely N-dealkylation sites (tertiary alicyclic amines) is 1. The molecule has 0 spiro atoms. The maximum Gasteiger partial charge on any atom is 0.234 e. The molecule has 1 amide bonds. The number of piperidine rings is 1. The van der Waals surface area contributed by atoms with Gasteiger partial charge < -0.3 is 15.5 Å². The topological polar surface area (TPSA) is 63.2 Å². The molecule has 0 bridgehead atoms. The molecule has 172 valence electrons. The normalized spacial score (nSPS) is 26.1. The van der Waals surface area contributed by atoms with E-state index in [-0.39, 0.29) is 5.91 Å². The molecule has 1 aromatic heterocycles. The molecule has 1 aromatic rings. The van der Waals surface area contributed by atoms with Crippen molar-refractivity contribution in [2.45, 2.75) is 44.7 Å². The van der Waals surface area contributed by atoms with Gasteiger partial charge in [-0.25, -0.2) is 0 Å². The Morgan fingerprint density at radius 1 is 1.19 bits per heavy atom. The Morgan fingerprint density at radius 3 is 2.68 bits per heavy atom. The first kappa shape index (κ1) is 22.6. The quantitative estimate of drug-likeness (QED) is 0.495. The molecule has 4 rings (SSSR count). The van der Waals surface area contributed by atoms with Crippen LogP contribution in [0.15, 0.2) is 22.5 Å². The van der Waals surface area contributed by atoms with E-state index in [0.717, 1.165) is 58.1 Å². The van der Waals surface area contributed by atoms with Gasteiger partial charge in [0.2, 0.25) is 5.91 Å². The number of thiophene rings is 1. The lowest BCUT2D eigenvalue weighted by molar-refractivity contribution is -0.122. The number of guanidine groups is 1. The number of rotatable bonds is 7. The Labute approximate surface area is 190 Å². The van der Waals surface area contributed by atoms with Crippen molar-refractivity contribution in [1.82, 2.24) is 25.3 Å². The van der Waals surface area contributed by atoms with Crippen LogP contribution in [0.1, 0.15) is 43.5 Å². The lowest BCUT2D eigenvalue weighted by Crippen LogP contribution is -2.54. The number of nitrogens with one attached hydrogen (secondary N) is 2. The van der Waals surface area contributed by atoms with Crippen LogP contribution >= 0.6 is 11.3 Å². The molecule has 31 heavy (non-hydrogen) atoms. The van der Waals surface area contributed by atoms with Gasteiger partial charge in [-0.1, -0.05) is 6.07 Å². The summed E-state index contributed by atoms with van der Waals surface area (Å²) in [5, 5.41) is 8.79. The maximum atomic E-state index is 12.1. The van der Waals surface area contributed by atoms with Crippen molar-refractivity contribution < 1.29 is 4.79 Å². The Balaban J connectivity index is 1.33. The van der Waals surface area contributed by atoms with Crippen LogP contribution in [0.5, 0.6) is 0 Å². The minimum Gasteiger partial charge on any atom is -0.357 e. The van der Waals surface area contributed by atoms with E-state index >= 15 is 0 Å². The molecule has 3 aliphatic rings. The SMILES string of the molecule is CCNC(=NCC1CCCN(C)C1c1cccs1)N1CCN(CC(=O)NC2CC2)CC1. The molecule has 1 saturated carbocycles. The highest BCUT2D eigenvalue weighted by Crippen LogP contribution is 2.37. The van der Waals surface area contributed by atoms with Crippen molar-refractivity contribution in [1.29, 1.82) is 0 Å². The fraction of sp³-hybridized carbons (Fsp3) is 0.739. The molecule has 0 aromatic carbocycles. The van der Waals surface area contributed by atoms with Gasteiger partial charge in [0, 0.05) is 56.2 Å². The summed E-state index contributed by atoms with van der Waals surface area (Å²) >= 11 is 1.87. The van der Waals surface area contributed by atoms with Gasteiger partial charge >= 0.3 is 0 Å². The molecule has 2 aliphatic heterocycles. The van der Waals surface area contributed by atoms with E-state index in [1.807, 2.05) is 11.3 Å². The lowest BCUT2D eigenvalue weighted by atomic mass is 9.88. The van der Waals surface area contributed by atoms with Crippen LogP contribution in [0.25, 0.3) is 0 Å². The number of aliphatic imine (C=N–C) groups is 1. The highest BCUT2D eigenvalue weighted by Gasteiger charge is 2.31. The van der Waals surface area contributed by atoms with Crippen LogP contribution in [0.3, 0.4) is 0 Å². The highest BCUT2D eigenvalue weighted by molar-refractivity contribution is 7.10. The van der Waals surface area contributed by atoms with Crippen LogP contribution in [-0.2, 0) is 4.79 Å². The molecule has 2 atom stereocenters. The summed E-state index contributed by atoms with van der Waals surface area (Å²) in [6.07, 6.45) is 4.77. The summed E-state index contributed by atoms with van der Waals surface area (Å²) in [6, 6.07) is 5.36. The fourth-order valence-electron chi connectivity index (χ4n) is 4.81. The number of carbonyl (C=O) groups is 1. The summed E-state index contributed by atoms with van der Waals surface area (Å²) < 4.78 is 0. The Kier molecular flexibility index (Phi) is 7.85. The molecule has 2 N–H and O–H groups in total. The summed E-state index contributed by atoms with van der Waals surface area (Å²) in [5.74, 6) is 1.76. The minimum atomic E-state index is 0.178. The largest absolute Gasteiger partial charge is 0.357 e. The molecule has 7 nitrogen and oxygen atoms in total. The van der Waals surface area contributed by atoms with Gasteiger partial charge in [-0.3, -0.25) is 19.6 Å². The molecule has 8 heteroatoms. The summed E-state index contributed by atoms with van der Waals surface area (Å²) in [4.78, 5) is 25.8. The third kappa shape index (κ3) is 6.20. The Morgan fingerprint density at radius 2 is 2.00 bits per heavy atom. The third-order valence-electron chi connectivity index (χ3n) is 6.63. The zero-order chi connectivity index (χ0) is 21.6. The molecule has 2 unspecified atom stereocenters. The standard InChI is InChI=1S/C23H38N6OS/c1-3-24-23(29-13-11-28(12-14-29)17-21(30)26-19-8-9-19)25-16-18-6-4-10-27(2)22(18)20-7-5-15-31-20/h5,7,15,18-19,22H,3-4,6,8-14,16-17H2,1-2H3,(H,24,25)(H,26,30). The third-order valence-corrected chi connectivity index (χ3v) is 7.58. The predicted molar refractivity (Wildman–Crippen MR) is 128 cm³/mol. The van der Waals surface area contributed by atoms with Gasteiger partial charge in [0.15, 0.2) is 5.96 Å². The first-order valence-electron chi connectivity index (χ1n) is 11.9. The molecule has 2 saturated heterocycles. The second kappa shape index (κ2) is 10.8. The number of amides is 1. The minimum absolute atomic E-state index is 0.178. The van der Waals surface area contributed by atoms with E-state index in [9.17, 15) is 4.79 Å². The van der Waals surface area contributed by atoms with Crippen molar-refractivity contribution in [3.8, 4) is 0 Å². The van der Waals surface area contributed by atoms with E-state index in [1.165, 1.54) is 24.3 Å². The van der Waals surface area contributed by atoms with Crippen LogP contribution in [-0.4, -0.2) is 92.0 Å². The monoisotopic (exact) mass is 446 g/mol. The molecular formula is C23H38N6OS. The van der Waals surface area contributed by atoms with E-state index in [1.54, 1.807) is 0 Å². The van der Waals surface area contributed by atoms with E-state index in [4.69, 9.17) is 4.99 Å². The average molecular weight is 447 g/mol. The Hall–Kier alpha value is -1.64. The van der Waals surface area contributed by atoms with Crippen LogP contribution in [0.4, 0.5) is 0 Å². The highest BCUT2D eigenvalue weighted by atomic mass is 32.1. The zero-order valence-electron chi connectivity index (χ0n) is 19.1. The van der Waals surface area contributed by atoms with Gasteiger partial charge in [-0.05, 0) is 63.6 Å². The zero-order valence-corrected chi connectivity index (χ0v) is 19.9. The smallest absolute Gasteiger partial charge is 0.234 e. The van der Waals surface area contributed by atoms with E-state index in [0.29, 0.717) is 24.5 Å². The van der Waals surface area contributed by atoms with Crippen molar-refractivity contribution in [3.63, 3.8) is 0 Å². The maximum absolute atomic E-state index is 12.1. The molecular weight excluding hydrogens is 408 g/mol. The van der Waals surface area contributed by atoms with E-state index < -0.39 is 0 Å². The fourth-order valence-corrected chi connectivity index (χ4v) is 5.79. The summed E-state index contributed by atoms with van der Waals surface area (Å²) in [5.41, 5.74) is 0. The van der Waals surface area contributed by atoms with Gasteiger partial charge in [0.25, 0.3) is 0 Å². The first-order chi connectivity index (χ1) is 15.1. The molecule has 3 heterocycles. The second-order valence-electron chi connectivity index (χ2n) is 9.14. The second-order valence-corrected chi connectivity index (χ2v) is 10.1. The number of nitrogens with zero attached hydrogens (tertiary/aromatic N) is 4.